The quantitative estimate of drug-likeness (QED) is 0.875. The second kappa shape index (κ2) is 5.73. The minimum atomic E-state index is 0.749. The zero-order chi connectivity index (χ0) is 13.2. The van der Waals surface area contributed by atoms with E-state index in [4.69, 9.17) is 4.98 Å². The predicted octanol–water partition coefficient (Wildman–Crippen LogP) is 4.39. The summed E-state index contributed by atoms with van der Waals surface area (Å²) < 4.78 is 1.12. The van der Waals surface area contributed by atoms with Gasteiger partial charge in [0.15, 0.2) is 0 Å². The molecule has 0 amide bonds. The fourth-order valence-electron chi connectivity index (χ4n) is 2.07. The first-order chi connectivity index (χ1) is 9.28. The van der Waals surface area contributed by atoms with Gasteiger partial charge in [0.25, 0.3) is 0 Å². The minimum Gasteiger partial charge on any atom is -0.309 e. The molecule has 1 fully saturated rings. The summed E-state index contributed by atoms with van der Waals surface area (Å²) in [5.74, 6) is 0. The molecule has 2 nitrogen and oxygen atoms in total. The molecule has 1 N–H and O–H groups in total. The van der Waals surface area contributed by atoms with Gasteiger partial charge >= 0.3 is 0 Å². The Morgan fingerprint density at radius 3 is 2.84 bits per heavy atom. The first-order valence-electron chi connectivity index (χ1n) is 6.74. The highest BCUT2D eigenvalue weighted by atomic mass is 79.9. The molecular formula is C15H17BrN2S. The molecule has 100 valence electrons. The summed E-state index contributed by atoms with van der Waals surface area (Å²) in [6.07, 6.45) is 3.66. The van der Waals surface area contributed by atoms with Crippen molar-refractivity contribution in [3.05, 3.63) is 39.3 Å². The van der Waals surface area contributed by atoms with Crippen LogP contribution in [0.3, 0.4) is 0 Å². The lowest BCUT2D eigenvalue weighted by Crippen LogP contribution is -2.15. The third-order valence-corrected chi connectivity index (χ3v) is 5.17. The lowest BCUT2D eigenvalue weighted by atomic mass is 10.2. The Kier molecular flexibility index (Phi) is 4.01. The fourth-order valence-corrected chi connectivity index (χ4v) is 3.82. The second-order valence-electron chi connectivity index (χ2n) is 4.88. The average molecular weight is 337 g/mol. The van der Waals surface area contributed by atoms with Crippen LogP contribution in [0.1, 0.15) is 30.3 Å². The van der Waals surface area contributed by atoms with Crippen LogP contribution in [-0.2, 0) is 13.0 Å². The molecule has 0 radical (unpaired) electrons. The molecule has 1 aromatic carbocycles. The largest absolute Gasteiger partial charge is 0.309 e. The van der Waals surface area contributed by atoms with Gasteiger partial charge < -0.3 is 5.32 Å². The number of rotatable bonds is 5. The summed E-state index contributed by atoms with van der Waals surface area (Å²) in [6, 6.07) is 9.05. The van der Waals surface area contributed by atoms with Crippen molar-refractivity contribution in [2.24, 2.45) is 0 Å². The highest BCUT2D eigenvalue weighted by molar-refractivity contribution is 9.10. The van der Waals surface area contributed by atoms with Gasteiger partial charge in [0.05, 0.1) is 5.69 Å². The maximum atomic E-state index is 4.81. The summed E-state index contributed by atoms with van der Waals surface area (Å²) in [6.45, 7) is 3.15. The van der Waals surface area contributed by atoms with E-state index < -0.39 is 0 Å². The van der Waals surface area contributed by atoms with Crippen LogP contribution >= 0.6 is 27.3 Å². The second-order valence-corrected chi connectivity index (χ2v) is 6.82. The number of hydrogen-bond acceptors (Lipinski definition) is 3. The molecule has 0 aliphatic heterocycles. The minimum absolute atomic E-state index is 0.749. The molecule has 1 aliphatic rings. The number of aromatic nitrogens is 1. The van der Waals surface area contributed by atoms with Gasteiger partial charge in [-0.15, -0.1) is 11.3 Å². The van der Waals surface area contributed by atoms with E-state index in [9.17, 15) is 0 Å². The van der Waals surface area contributed by atoms with E-state index in [0.717, 1.165) is 28.5 Å². The van der Waals surface area contributed by atoms with Gasteiger partial charge in [-0.1, -0.05) is 41.1 Å². The average Bonchev–Trinajstić information content (AvgIpc) is 3.16. The van der Waals surface area contributed by atoms with Crippen LogP contribution < -0.4 is 5.32 Å². The Morgan fingerprint density at radius 2 is 2.16 bits per heavy atom. The van der Waals surface area contributed by atoms with Crippen molar-refractivity contribution < 1.29 is 0 Å². The van der Waals surface area contributed by atoms with Gasteiger partial charge in [0.1, 0.15) is 5.01 Å². The Morgan fingerprint density at radius 1 is 1.37 bits per heavy atom. The van der Waals surface area contributed by atoms with Crippen LogP contribution in [0, 0.1) is 0 Å². The molecule has 19 heavy (non-hydrogen) atoms. The summed E-state index contributed by atoms with van der Waals surface area (Å²) >= 11 is 5.43. The first-order valence-corrected chi connectivity index (χ1v) is 8.35. The van der Waals surface area contributed by atoms with Crippen molar-refractivity contribution in [3.8, 4) is 10.6 Å². The number of nitrogens with one attached hydrogen (secondary N) is 1. The summed E-state index contributed by atoms with van der Waals surface area (Å²) in [5.41, 5.74) is 2.43. The summed E-state index contributed by atoms with van der Waals surface area (Å²) in [7, 11) is 0. The van der Waals surface area contributed by atoms with E-state index in [1.807, 2.05) is 17.4 Å². The number of halogens is 1. The Labute approximate surface area is 126 Å². The lowest BCUT2D eigenvalue weighted by Gasteiger charge is -2.00. The topological polar surface area (TPSA) is 24.9 Å². The molecule has 3 rings (SSSR count). The van der Waals surface area contributed by atoms with E-state index in [1.165, 1.54) is 29.0 Å². The van der Waals surface area contributed by atoms with Crippen molar-refractivity contribution in [3.63, 3.8) is 0 Å². The number of hydrogen-bond donors (Lipinski definition) is 1. The molecule has 0 bridgehead atoms. The molecule has 4 heteroatoms. The maximum absolute atomic E-state index is 4.81. The van der Waals surface area contributed by atoms with Crippen molar-refractivity contribution in [2.75, 3.05) is 0 Å². The van der Waals surface area contributed by atoms with E-state index >= 15 is 0 Å². The molecule has 1 aliphatic carbocycles. The van der Waals surface area contributed by atoms with Gasteiger partial charge in [-0.25, -0.2) is 4.98 Å². The summed E-state index contributed by atoms with van der Waals surface area (Å²) in [4.78, 5) is 6.20. The molecular weight excluding hydrogens is 320 g/mol. The fraction of sp³-hybridized carbons (Fsp3) is 0.400. The van der Waals surface area contributed by atoms with Crippen LogP contribution in [0.2, 0.25) is 0 Å². The molecule has 0 unspecified atom stereocenters. The number of thiazole rings is 1. The molecule has 2 aromatic rings. The van der Waals surface area contributed by atoms with E-state index in [1.54, 1.807) is 0 Å². The van der Waals surface area contributed by atoms with E-state index in [2.05, 4.69) is 46.4 Å². The van der Waals surface area contributed by atoms with Crippen molar-refractivity contribution >= 4 is 27.3 Å². The highest BCUT2D eigenvalue weighted by Gasteiger charge is 2.21. The maximum Gasteiger partial charge on any atom is 0.125 e. The van der Waals surface area contributed by atoms with Crippen LogP contribution in [0.4, 0.5) is 0 Å². The van der Waals surface area contributed by atoms with Crippen molar-refractivity contribution in [2.45, 2.75) is 38.8 Å². The van der Waals surface area contributed by atoms with E-state index in [-0.39, 0.29) is 0 Å². The normalized spacial score (nSPS) is 14.8. The van der Waals surface area contributed by atoms with Gasteiger partial charge in [0.2, 0.25) is 0 Å². The van der Waals surface area contributed by atoms with Crippen molar-refractivity contribution in [1.82, 2.24) is 10.3 Å². The third-order valence-electron chi connectivity index (χ3n) is 3.35. The van der Waals surface area contributed by atoms with Crippen LogP contribution in [-0.4, -0.2) is 11.0 Å². The Balaban J connectivity index is 1.87. The SMILES string of the molecule is CCc1nc(-c2ccccc2Br)sc1CNC1CC1. The zero-order valence-corrected chi connectivity index (χ0v) is 13.4. The van der Waals surface area contributed by atoms with Gasteiger partial charge in [-0.2, -0.15) is 0 Å². The van der Waals surface area contributed by atoms with E-state index in [0.29, 0.717) is 0 Å². The summed E-state index contributed by atoms with van der Waals surface area (Å²) in [5, 5.41) is 4.71. The van der Waals surface area contributed by atoms with Crippen LogP contribution in [0.5, 0.6) is 0 Å². The molecule has 1 heterocycles. The molecule has 0 spiro atoms. The smallest absolute Gasteiger partial charge is 0.125 e. The van der Waals surface area contributed by atoms with Crippen LogP contribution in [0.15, 0.2) is 28.7 Å². The first kappa shape index (κ1) is 13.3. The molecule has 0 saturated heterocycles. The lowest BCUT2D eigenvalue weighted by molar-refractivity contribution is 0.689. The zero-order valence-electron chi connectivity index (χ0n) is 10.9. The molecule has 1 aromatic heterocycles. The number of benzene rings is 1. The molecule has 1 saturated carbocycles. The van der Waals surface area contributed by atoms with Crippen LogP contribution in [0.25, 0.3) is 10.6 Å². The number of aryl methyl sites for hydroxylation is 1. The standard InChI is InChI=1S/C15H17BrN2S/c1-2-13-14(9-17-10-7-8-10)19-15(18-13)11-5-3-4-6-12(11)16/h3-6,10,17H,2,7-9H2,1H3. The predicted molar refractivity (Wildman–Crippen MR) is 84.5 cm³/mol. The molecule has 0 atom stereocenters. The van der Waals surface area contributed by atoms with Gasteiger partial charge in [-0.3, -0.25) is 0 Å². The van der Waals surface area contributed by atoms with Crippen molar-refractivity contribution in [1.29, 1.82) is 0 Å². The monoisotopic (exact) mass is 336 g/mol. The highest BCUT2D eigenvalue weighted by Crippen LogP contribution is 2.33. The van der Waals surface area contributed by atoms with Gasteiger partial charge in [-0.05, 0) is 25.3 Å². The number of nitrogens with zero attached hydrogens (tertiary/aromatic N) is 1. The third kappa shape index (κ3) is 3.07. The Bertz CT molecular complexity index is 575. The van der Waals surface area contributed by atoms with Gasteiger partial charge in [0, 0.05) is 27.5 Å². The Hall–Kier alpha value is -0.710.